The number of urea groups is 2. The summed E-state index contributed by atoms with van der Waals surface area (Å²) in [6.45, 7) is 10.5. The third kappa shape index (κ3) is 6.52. The molecule has 0 radical (unpaired) electrons. The number of likely N-dealkylation sites (tertiary alicyclic amines) is 1. The first kappa shape index (κ1) is 31.8. The molecule has 11 heteroatoms. The predicted molar refractivity (Wildman–Crippen MR) is 179 cm³/mol. The van der Waals surface area contributed by atoms with Gasteiger partial charge in [-0.3, -0.25) is 9.69 Å². The Bertz CT molecular complexity index is 1500. The van der Waals surface area contributed by atoms with E-state index in [2.05, 4.69) is 28.5 Å². The van der Waals surface area contributed by atoms with Gasteiger partial charge in [-0.2, -0.15) is 0 Å². The van der Waals surface area contributed by atoms with E-state index in [4.69, 9.17) is 4.74 Å². The second kappa shape index (κ2) is 12.6. The van der Waals surface area contributed by atoms with Gasteiger partial charge in [0, 0.05) is 69.5 Å². The molecule has 0 spiro atoms. The Morgan fingerprint density at radius 3 is 2.32 bits per heavy atom. The van der Waals surface area contributed by atoms with Crippen LogP contribution in [0.3, 0.4) is 0 Å². The van der Waals surface area contributed by atoms with Crippen molar-refractivity contribution < 1.29 is 24.2 Å². The number of benzene rings is 2. The van der Waals surface area contributed by atoms with Gasteiger partial charge in [0.1, 0.15) is 11.8 Å². The summed E-state index contributed by atoms with van der Waals surface area (Å²) in [6.07, 6.45) is 5.40. The summed E-state index contributed by atoms with van der Waals surface area (Å²) in [6, 6.07) is 10.7. The number of carbonyl (C=O) groups is 3. The molecular weight excluding hydrogens is 596 g/mol. The Morgan fingerprint density at radius 2 is 1.64 bits per heavy atom. The first-order valence-corrected chi connectivity index (χ1v) is 17.3. The summed E-state index contributed by atoms with van der Waals surface area (Å²) in [7, 11) is 0. The standard InChI is InChI=1S/C36H48N6O5/c1-23-18-25(19-24(2)32(23)43)20-29(33(44)39-14-16-41(17-15-39)36(3)21-30-31(22-36)47-30)38-34(45)40-11-9-27(10-12-40)42-13-8-26-6-4-5-7-28(26)37-35(42)46/h4-7,18-19,27,29-31,43H,8-17,20-22H2,1-3H3,(H,37,46)(H,38,45)/t29-,30?,31?,36?/m1/s1. The third-order valence-electron chi connectivity index (χ3n) is 11.2. The molecule has 0 bridgehead atoms. The zero-order valence-electron chi connectivity index (χ0n) is 27.8. The van der Waals surface area contributed by atoms with Crippen LogP contribution in [0.2, 0.25) is 0 Å². The van der Waals surface area contributed by atoms with Gasteiger partial charge in [-0.25, -0.2) is 9.59 Å². The van der Waals surface area contributed by atoms with Crippen LogP contribution in [0.15, 0.2) is 36.4 Å². The number of phenolic OH excluding ortho intramolecular Hbond substituents is 1. The van der Waals surface area contributed by atoms with Crippen LogP contribution in [0.4, 0.5) is 15.3 Å². The summed E-state index contributed by atoms with van der Waals surface area (Å²) in [5, 5.41) is 16.5. The lowest BCUT2D eigenvalue weighted by Crippen LogP contribution is -2.60. The maximum Gasteiger partial charge on any atom is 0.322 e. The van der Waals surface area contributed by atoms with E-state index in [-0.39, 0.29) is 35.3 Å². The molecule has 0 aromatic heterocycles. The van der Waals surface area contributed by atoms with Crippen LogP contribution in [-0.2, 0) is 22.4 Å². The number of nitrogens with one attached hydrogen (secondary N) is 2. The fourth-order valence-electron chi connectivity index (χ4n) is 8.39. The molecule has 1 saturated carbocycles. The van der Waals surface area contributed by atoms with E-state index >= 15 is 0 Å². The van der Waals surface area contributed by atoms with Crippen molar-refractivity contribution in [2.75, 3.05) is 51.1 Å². The molecule has 3 atom stereocenters. The Kier molecular flexibility index (Phi) is 8.55. The number of piperazine rings is 1. The summed E-state index contributed by atoms with van der Waals surface area (Å²) >= 11 is 0. The molecule has 3 N–H and O–H groups in total. The number of aryl methyl sites for hydroxylation is 2. The second-order valence-electron chi connectivity index (χ2n) is 14.5. The topological polar surface area (TPSA) is 121 Å². The number of amides is 5. The number of aromatic hydroxyl groups is 1. The Balaban J connectivity index is 0.989. The highest BCUT2D eigenvalue weighted by molar-refractivity contribution is 5.91. The summed E-state index contributed by atoms with van der Waals surface area (Å²) in [4.78, 5) is 49.0. The minimum atomic E-state index is -0.729. The number of phenols is 1. The zero-order valence-corrected chi connectivity index (χ0v) is 27.8. The van der Waals surface area contributed by atoms with Crippen LogP contribution in [0, 0.1) is 13.8 Å². The highest BCUT2D eigenvalue weighted by Gasteiger charge is 2.56. The fourth-order valence-corrected chi connectivity index (χ4v) is 8.39. The molecular formula is C36H48N6O5. The number of anilines is 1. The van der Waals surface area contributed by atoms with Crippen molar-refractivity contribution in [2.45, 2.75) is 89.1 Å². The number of carbonyl (C=O) groups excluding carboxylic acids is 3. The molecule has 2 unspecified atom stereocenters. The quantitative estimate of drug-likeness (QED) is 0.413. The minimum Gasteiger partial charge on any atom is -0.507 e. The number of hydrogen-bond donors (Lipinski definition) is 3. The van der Waals surface area contributed by atoms with Crippen molar-refractivity contribution in [1.82, 2.24) is 24.9 Å². The Morgan fingerprint density at radius 1 is 0.979 bits per heavy atom. The van der Waals surface area contributed by atoms with Gasteiger partial charge in [-0.05, 0) is 81.2 Å². The largest absolute Gasteiger partial charge is 0.507 e. The van der Waals surface area contributed by atoms with E-state index in [1.165, 1.54) is 0 Å². The van der Waals surface area contributed by atoms with Crippen molar-refractivity contribution in [3.63, 3.8) is 0 Å². The molecule has 252 valence electrons. The highest BCUT2D eigenvalue weighted by Crippen LogP contribution is 2.47. The number of piperidine rings is 1. The van der Waals surface area contributed by atoms with Crippen LogP contribution in [0.25, 0.3) is 0 Å². The van der Waals surface area contributed by atoms with E-state index in [0.29, 0.717) is 64.2 Å². The van der Waals surface area contributed by atoms with Gasteiger partial charge in [0.05, 0.1) is 12.2 Å². The van der Waals surface area contributed by atoms with Gasteiger partial charge in [0.15, 0.2) is 0 Å². The average molecular weight is 645 g/mol. The van der Waals surface area contributed by atoms with E-state index in [1.807, 2.05) is 54.0 Å². The van der Waals surface area contributed by atoms with Crippen molar-refractivity contribution >= 4 is 23.7 Å². The molecule has 1 aliphatic carbocycles. The molecule has 11 nitrogen and oxygen atoms in total. The normalized spacial score (nSPS) is 27.0. The SMILES string of the molecule is Cc1cc(C[C@@H](NC(=O)N2CCC(N3CCc4ccccc4NC3=O)CC2)C(=O)N2CCN(C3(C)CC4OC4C3)CC2)cc(C)c1O. The van der Waals surface area contributed by atoms with Crippen LogP contribution < -0.4 is 10.6 Å². The molecule has 4 heterocycles. The average Bonchev–Trinajstić information content (AvgIpc) is 3.73. The number of nitrogens with zero attached hydrogens (tertiary/aromatic N) is 4. The number of rotatable bonds is 6. The molecule has 4 fully saturated rings. The lowest BCUT2D eigenvalue weighted by atomic mass is 9.95. The smallest absolute Gasteiger partial charge is 0.322 e. The molecule has 3 saturated heterocycles. The number of ether oxygens (including phenoxy) is 1. The fraction of sp³-hybridized carbons (Fsp3) is 0.583. The summed E-state index contributed by atoms with van der Waals surface area (Å²) in [5.74, 6) is 0.185. The number of hydrogen-bond acceptors (Lipinski definition) is 6. The maximum absolute atomic E-state index is 14.1. The van der Waals surface area contributed by atoms with Crippen LogP contribution in [0.1, 0.15) is 54.9 Å². The van der Waals surface area contributed by atoms with Gasteiger partial charge in [0.25, 0.3) is 0 Å². The molecule has 4 aliphatic heterocycles. The first-order chi connectivity index (χ1) is 22.6. The lowest BCUT2D eigenvalue weighted by Gasteiger charge is -2.45. The van der Waals surface area contributed by atoms with Crippen molar-refractivity contribution in [3.05, 3.63) is 58.7 Å². The summed E-state index contributed by atoms with van der Waals surface area (Å²) in [5.41, 5.74) is 4.53. The van der Waals surface area contributed by atoms with Crippen molar-refractivity contribution in [2.24, 2.45) is 0 Å². The highest BCUT2D eigenvalue weighted by atomic mass is 16.6. The molecule has 5 amide bonds. The van der Waals surface area contributed by atoms with Crippen LogP contribution in [-0.4, -0.2) is 118 Å². The molecule has 2 aromatic carbocycles. The van der Waals surface area contributed by atoms with Crippen LogP contribution >= 0.6 is 0 Å². The second-order valence-corrected chi connectivity index (χ2v) is 14.5. The van der Waals surface area contributed by atoms with Gasteiger partial charge in [-0.15, -0.1) is 0 Å². The minimum absolute atomic E-state index is 0.0456. The van der Waals surface area contributed by atoms with E-state index in [1.54, 1.807) is 4.90 Å². The number of para-hydroxylation sites is 1. The first-order valence-electron chi connectivity index (χ1n) is 17.3. The van der Waals surface area contributed by atoms with Gasteiger partial charge < -0.3 is 35.2 Å². The molecule has 5 aliphatic rings. The lowest BCUT2D eigenvalue weighted by molar-refractivity contribution is -0.136. The number of fused-ring (bicyclic) bond motifs is 2. The number of epoxide rings is 1. The monoisotopic (exact) mass is 644 g/mol. The van der Waals surface area contributed by atoms with Crippen molar-refractivity contribution in [3.8, 4) is 5.75 Å². The van der Waals surface area contributed by atoms with E-state index in [9.17, 15) is 19.5 Å². The van der Waals surface area contributed by atoms with Gasteiger partial charge in [0.2, 0.25) is 5.91 Å². The predicted octanol–water partition coefficient (Wildman–Crippen LogP) is 3.65. The maximum atomic E-state index is 14.1. The molecule has 47 heavy (non-hydrogen) atoms. The van der Waals surface area contributed by atoms with E-state index in [0.717, 1.165) is 60.3 Å². The Hall–Kier alpha value is -3.83. The zero-order chi connectivity index (χ0) is 32.9. The van der Waals surface area contributed by atoms with Gasteiger partial charge >= 0.3 is 12.1 Å². The van der Waals surface area contributed by atoms with Crippen LogP contribution in [0.5, 0.6) is 5.75 Å². The Labute approximate surface area is 277 Å². The molecule has 7 rings (SSSR count). The third-order valence-corrected chi connectivity index (χ3v) is 11.2. The summed E-state index contributed by atoms with van der Waals surface area (Å²) < 4.78 is 5.68. The van der Waals surface area contributed by atoms with E-state index < -0.39 is 6.04 Å². The van der Waals surface area contributed by atoms with Gasteiger partial charge in [-0.1, -0.05) is 30.3 Å². The molecule has 2 aromatic rings. The van der Waals surface area contributed by atoms with Crippen molar-refractivity contribution in [1.29, 1.82) is 0 Å².